The number of allylic oxidation sites excluding steroid dienone is 19. The molecule has 0 saturated heterocycles. The summed E-state index contributed by atoms with van der Waals surface area (Å²) in [6.07, 6.45) is 64.8. The standard InChI is InChI=1S/C60H97O11P/c1-4-7-10-13-16-19-22-24-26-27-28-29-31-32-35-37-40-43-46-49-58(62)67-53-57(71-60(64)51-48-45-42-39-36-33-30-25-23-20-17-14-11-8-5-2)55-69-72(65,66)68-54-56(52-61)70-59(63)50-47-44-41-38-34-21-18-15-12-9-6-3/h7-8,10-11,16-17,19-20,24-26,28-30,32,35-36,39,45,48,56-57,61H,4-6,9,12-15,18,21-23,27,31,33-34,37-38,40-44,46-47,49-55H2,1-3H3,(H,65,66)/b10-7-,11-8-,19-16-,20-17-,26-24-,29-28-,30-25-,35-32-,39-36-,48-45-. The maximum absolute atomic E-state index is 12.9. The molecule has 0 aromatic rings. The predicted octanol–water partition coefficient (Wildman–Crippen LogP) is 16.0. The lowest BCUT2D eigenvalue weighted by molar-refractivity contribution is -0.160. The molecule has 408 valence electrons. The highest BCUT2D eigenvalue weighted by Gasteiger charge is 2.28. The van der Waals surface area contributed by atoms with Crippen molar-refractivity contribution in [1.82, 2.24) is 0 Å². The van der Waals surface area contributed by atoms with E-state index in [2.05, 4.69) is 118 Å². The minimum Gasteiger partial charge on any atom is -0.462 e. The van der Waals surface area contributed by atoms with Crippen molar-refractivity contribution >= 4 is 25.7 Å². The van der Waals surface area contributed by atoms with E-state index in [1.165, 1.54) is 44.9 Å². The van der Waals surface area contributed by atoms with Crippen LogP contribution in [0, 0.1) is 0 Å². The molecule has 11 nitrogen and oxygen atoms in total. The van der Waals surface area contributed by atoms with Crippen molar-refractivity contribution in [3.8, 4) is 0 Å². The maximum atomic E-state index is 12.9. The van der Waals surface area contributed by atoms with Crippen LogP contribution in [-0.4, -0.2) is 66.5 Å². The predicted molar refractivity (Wildman–Crippen MR) is 297 cm³/mol. The zero-order chi connectivity index (χ0) is 52.7. The SMILES string of the molecule is CC/C=C\C/C=C\C/C=C\C/C=C\C/C=C\CCCCCC(=O)OCC(COP(=O)(O)OCC(CO)OC(=O)CCCCCCCCCCCCC)OC(=O)C/C=C\C/C=C\C/C=C\C/C=C\C/C=C\CC. The highest BCUT2D eigenvalue weighted by molar-refractivity contribution is 7.47. The van der Waals surface area contributed by atoms with Crippen molar-refractivity contribution in [3.63, 3.8) is 0 Å². The molecule has 0 bridgehead atoms. The quantitative estimate of drug-likeness (QED) is 0.0197. The van der Waals surface area contributed by atoms with Crippen LogP contribution >= 0.6 is 7.82 Å². The van der Waals surface area contributed by atoms with Gasteiger partial charge < -0.3 is 24.2 Å². The fraction of sp³-hybridized carbons (Fsp3) is 0.617. The van der Waals surface area contributed by atoms with E-state index >= 15 is 0 Å². The number of hydrogen-bond acceptors (Lipinski definition) is 10. The molecule has 12 heteroatoms. The smallest absolute Gasteiger partial charge is 0.462 e. The Kier molecular flexibility index (Phi) is 50.1. The second-order valence-corrected chi connectivity index (χ2v) is 19.1. The number of aliphatic hydroxyl groups is 1. The molecule has 0 aromatic carbocycles. The minimum absolute atomic E-state index is 0.0775. The van der Waals surface area contributed by atoms with Crippen molar-refractivity contribution in [1.29, 1.82) is 0 Å². The molecule has 2 N–H and O–H groups in total. The second-order valence-electron chi connectivity index (χ2n) is 17.7. The first kappa shape index (κ1) is 67.9. The first-order valence-corrected chi connectivity index (χ1v) is 28.9. The number of carbonyl (C=O) groups is 3. The summed E-state index contributed by atoms with van der Waals surface area (Å²) >= 11 is 0. The van der Waals surface area contributed by atoms with Gasteiger partial charge in [0.1, 0.15) is 12.7 Å². The molecule has 0 spiro atoms. The fourth-order valence-electron chi connectivity index (χ4n) is 6.81. The molecule has 0 aliphatic carbocycles. The van der Waals surface area contributed by atoms with Crippen molar-refractivity contribution in [3.05, 3.63) is 122 Å². The number of phosphoric ester groups is 1. The van der Waals surface area contributed by atoms with E-state index < -0.39 is 64.4 Å². The lowest BCUT2D eigenvalue weighted by atomic mass is 10.1. The summed E-state index contributed by atoms with van der Waals surface area (Å²) < 4.78 is 39.2. The Hall–Kier alpha value is -4.12. The van der Waals surface area contributed by atoms with E-state index in [9.17, 15) is 28.9 Å². The molecule has 0 aromatic heterocycles. The number of ether oxygens (including phenoxy) is 3. The van der Waals surface area contributed by atoms with Gasteiger partial charge in [0.25, 0.3) is 0 Å². The van der Waals surface area contributed by atoms with Gasteiger partial charge in [0.2, 0.25) is 0 Å². The molecule has 3 atom stereocenters. The molecule has 0 heterocycles. The Balaban J connectivity index is 4.91. The number of unbranched alkanes of at least 4 members (excludes halogenated alkanes) is 13. The number of aliphatic hydroxyl groups excluding tert-OH is 1. The normalized spacial score (nSPS) is 14.3. The summed E-state index contributed by atoms with van der Waals surface area (Å²) in [6, 6.07) is 0. The molecule has 3 unspecified atom stereocenters. The Morgan fingerprint density at radius 2 is 0.778 bits per heavy atom. The van der Waals surface area contributed by atoms with E-state index in [1.54, 1.807) is 6.08 Å². The van der Waals surface area contributed by atoms with Crippen molar-refractivity contribution in [2.75, 3.05) is 26.4 Å². The Bertz CT molecular complexity index is 1670. The Morgan fingerprint density at radius 3 is 1.22 bits per heavy atom. The molecule has 0 amide bonds. The third kappa shape index (κ3) is 50.8. The number of phosphoric acid groups is 1. The summed E-state index contributed by atoms with van der Waals surface area (Å²) in [6.45, 7) is 4.23. The van der Waals surface area contributed by atoms with Crippen LogP contribution in [0.1, 0.15) is 201 Å². The molecule has 0 rings (SSSR count). The molecule has 0 fully saturated rings. The van der Waals surface area contributed by atoms with E-state index in [0.29, 0.717) is 19.3 Å². The third-order valence-corrected chi connectivity index (χ3v) is 11.9. The molecule has 0 radical (unpaired) electrons. The topological polar surface area (TPSA) is 155 Å². The Labute approximate surface area is 437 Å². The van der Waals surface area contributed by atoms with Gasteiger partial charge in [0.05, 0.1) is 26.2 Å². The molecule has 0 aliphatic heterocycles. The summed E-state index contributed by atoms with van der Waals surface area (Å²) in [4.78, 5) is 48.3. The van der Waals surface area contributed by atoms with Gasteiger partial charge in [-0.25, -0.2) is 4.57 Å². The van der Waals surface area contributed by atoms with Crippen molar-refractivity contribution < 1.29 is 52.2 Å². The van der Waals surface area contributed by atoms with Crippen LogP contribution in [0.15, 0.2) is 122 Å². The monoisotopic (exact) mass is 1020 g/mol. The zero-order valence-electron chi connectivity index (χ0n) is 44.8. The maximum Gasteiger partial charge on any atom is 0.472 e. The van der Waals surface area contributed by atoms with Crippen molar-refractivity contribution in [2.24, 2.45) is 0 Å². The second kappa shape index (κ2) is 53.2. The fourth-order valence-corrected chi connectivity index (χ4v) is 7.59. The third-order valence-electron chi connectivity index (χ3n) is 10.9. The zero-order valence-corrected chi connectivity index (χ0v) is 45.7. The van der Waals surface area contributed by atoms with Gasteiger partial charge in [0.15, 0.2) is 6.10 Å². The van der Waals surface area contributed by atoms with Gasteiger partial charge in [-0.2, -0.15) is 0 Å². The summed E-state index contributed by atoms with van der Waals surface area (Å²) in [5.74, 6) is -1.67. The van der Waals surface area contributed by atoms with Gasteiger partial charge in [-0.1, -0.05) is 213 Å². The molecule has 72 heavy (non-hydrogen) atoms. The molecular weight excluding hydrogens is 928 g/mol. The van der Waals surface area contributed by atoms with Gasteiger partial charge >= 0.3 is 25.7 Å². The number of esters is 3. The highest BCUT2D eigenvalue weighted by atomic mass is 31.2. The first-order chi connectivity index (χ1) is 35.2. The van der Waals surface area contributed by atoms with Gasteiger partial charge in [-0.05, 0) is 89.9 Å². The summed E-state index contributed by atoms with van der Waals surface area (Å²) in [5.41, 5.74) is 0. The first-order valence-electron chi connectivity index (χ1n) is 27.4. The van der Waals surface area contributed by atoms with E-state index in [1.807, 2.05) is 18.2 Å². The lowest BCUT2D eigenvalue weighted by Crippen LogP contribution is -2.30. The van der Waals surface area contributed by atoms with Crippen LogP contribution in [-0.2, 0) is 42.2 Å². The number of rotatable bonds is 49. The molecule has 0 aliphatic rings. The van der Waals surface area contributed by atoms with Crippen LogP contribution < -0.4 is 0 Å². The largest absolute Gasteiger partial charge is 0.472 e. The van der Waals surface area contributed by atoms with Crippen LogP contribution in [0.2, 0.25) is 0 Å². The highest BCUT2D eigenvalue weighted by Crippen LogP contribution is 2.43. The van der Waals surface area contributed by atoms with E-state index in [4.69, 9.17) is 23.3 Å². The minimum atomic E-state index is -4.78. The number of hydrogen-bond donors (Lipinski definition) is 2. The van der Waals surface area contributed by atoms with E-state index in [0.717, 1.165) is 96.3 Å². The van der Waals surface area contributed by atoms with E-state index in [-0.39, 0.29) is 19.3 Å². The number of carbonyl (C=O) groups excluding carboxylic acids is 3. The Morgan fingerprint density at radius 1 is 0.417 bits per heavy atom. The average molecular weight is 1030 g/mol. The van der Waals surface area contributed by atoms with Crippen LogP contribution in [0.25, 0.3) is 0 Å². The van der Waals surface area contributed by atoms with Gasteiger partial charge in [-0.3, -0.25) is 23.4 Å². The van der Waals surface area contributed by atoms with Gasteiger partial charge in [0, 0.05) is 12.8 Å². The summed E-state index contributed by atoms with van der Waals surface area (Å²) in [7, 11) is -4.78. The average Bonchev–Trinajstić information content (AvgIpc) is 3.37. The van der Waals surface area contributed by atoms with Crippen LogP contribution in [0.5, 0.6) is 0 Å². The van der Waals surface area contributed by atoms with Gasteiger partial charge in [-0.15, -0.1) is 0 Å². The van der Waals surface area contributed by atoms with Crippen LogP contribution in [0.3, 0.4) is 0 Å². The molecular formula is C60H97O11P. The molecule has 0 saturated carbocycles. The lowest BCUT2D eigenvalue weighted by Gasteiger charge is -2.21. The van der Waals surface area contributed by atoms with Crippen molar-refractivity contribution in [2.45, 2.75) is 213 Å². The van der Waals surface area contributed by atoms with Crippen LogP contribution in [0.4, 0.5) is 0 Å². The summed E-state index contributed by atoms with van der Waals surface area (Å²) in [5, 5.41) is 9.78.